The zero-order chi connectivity index (χ0) is 21.7. The van der Waals surface area contributed by atoms with Crippen LogP contribution in [0.4, 0.5) is 0 Å². The number of nitrogens with zero attached hydrogens (tertiary/aromatic N) is 4. The second-order valence-corrected chi connectivity index (χ2v) is 8.25. The Bertz CT molecular complexity index is 1450. The number of benzene rings is 1. The zero-order valence-electron chi connectivity index (χ0n) is 16.6. The van der Waals surface area contributed by atoms with Gasteiger partial charge in [-0.15, -0.1) is 0 Å². The molecule has 0 saturated carbocycles. The van der Waals surface area contributed by atoms with Gasteiger partial charge in [-0.2, -0.15) is 0 Å². The summed E-state index contributed by atoms with van der Waals surface area (Å²) in [5, 5.41) is 0.893. The number of hydrogen-bond acceptors (Lipinski definition) is 4. The largest absolute Gasteiger partial charge is 0.249 e. The van der Waals surface area contributed by atoms with Crippen molar-refractivity contribution in [3.8, 4) is 0 Å². The first-order valence-electron chi connectivity index (χ1n) is 10.0. The Hall–Kier alpha value is -3.60. The molecule has 0 atom stereocenters. The number of rotatable bonds is 1. The van der Waals surface area contributed by atoms with Crippen molar-refractivity contribution in [2.24, 2.45) is 20.0 Å². The second-order valence-electron chi connectivity index (χ2n) is 7.49. The van der Waals surface area contributed by atoms with Gasteiger partial charge in [-0.3, -0.25) is 0 Å². The van der Waals surface area contributed by atoms with Gasteiger partial charge in [0.2, 0.25) is 0 Å². The van der Waals surface area contributed by atoms with Gasteiger partial charge in [0.1, 0.15) is 5.70 Å². The van der Waals surface area contributed by atoms with E-state index in [1.54, 1.807) is 0 Å². The van der Waals surface area contributed by atoms with Gasteiger partial charge in [0.15, 0.2) is 0 Å². The maximum absolute atomic E-state index is 6.86. The molecular weight excluding hydrogens is 439 g/mol. The first-order valence-corrected chi connectivity index (χ1v) is 10.8. The topological polar surface area (TPSA) is 49.4 Å². The zero-order valence-corrected chi connectivity index (χ0v) is 18.1. The van der Waals surface area contributed by atoms with Crippen molar-refractivity contribution in [2.75, 3.05) is 0 Å². The molecule has 5 aliphatic rings. The van der Waals surface area contributed by atoms with Crippen molar-refractivity contribution in [2.45, 2.75) is 0 Å². The molecule has 0 radical (unpaired) electrons. The molecule has 0 aliphatic carbocycles. The lowest BCUT2D eigenvalue weighted by Gasteiger charge is -2.05. The molecule has 0 N–H and O–H groups in total. The van der Waals surface area contributed by atoms with Crippen molar-refractivity contribution in [1.29, 1.82) is 0 Å². The fraction of sp³-hybridized carbons (Fsp3) is 0. The van der Waals surface area contributed by atoms with Gasteiger partial charge in [0.05, 0.1) is 50.0 Å². The molecule has 32 heavy (non-hydrogen) atoms. The van der Waals surface area contributed by atoms with Crippen LogP contribution in [0.5, 0.6) is 0 Å². The summed E-state index contributed by atoms with van der Waals surface area (Å²) in [7, 11) is 0. The minimum absolute atomic E-state index is 0.402. The molecule has 152 valence electrons. The highest BCUT2D eigenvalue weighted by molar-refractivity contribution is 6.51. The van der Waals surface area contributed by atoms with Crippen LogP contribution in [0.15, 0.2) is 138 Å². The summed E-state index contributed by atoms with van der Waals surface area (Å²) in [6, 6.07) is 9.92. The summed E-state index contributed by atoms with van der Waals surface area (Å²) in [5.74, 6) is 0. The van der Waals surface area contributed by atoms with E-state index in [1.165, 1.54) is 0 Å². The Balaban J connectivity index is 1.58. The van der Waals surface area contributed by atoms with Crippen LogP contribution in [0.1, 0.15) is 5.56 Å². The molecule has 0 aromatic heterocycles. The Morgan fingerprint density at radius 2 is 1.16 bits per heavy atom. The van der Waals surface area contributed by atoms with E-state index in [0.717, 1.165) is 39.7 Å². The monoisotopic (exact) mass is 452 g/mol. The van der Waals surface area contributed by atoms with Crippen LogP contribution in [0.2, 0.25) is 0 Å². The first-order chi connectivity index (χ1) is 15.6. The Morgan fingerprint density at radius 3 is 1.88 bits per heavy atom. The van der Waals surface area contributed by atoms with Crippen LogP contribution in [0.3, 0.4) is 0 Å². The van der Waals surface area contributed by atoms with Crippen LogP contribution in [-0.2, 0) is 0 Å². The standard InChI is InChI=1S/C26H14Cl2N4/c27-24-21-11-10-19(31-21)13-18-7-6-16(29-18)12-17-8-9-20(30-17)14-22-23(25(28)26(24)32-22)15-4-2-1-3-5-15/h1-14H. The molecule has 5 heterocycles. The van der Waals surface area contributed by atoms with Gasteiger partial charge < -0.3 is 0 Å². The van der Waals surface area contributed by atoms with E-state index in [1.807, 2.05) is 85.0 Å². The molecule has 1 aromatic rings. The number of hydrogen-bond donors (Lipinski definition) is 0. The highest BCUT2D eigenvalue weighted by atomic mass is 35.5. The quantitative estimate of drug-likeness (QED) is 0.484. The predicted octanol–water partition coefficient (Wildman–Crippen LogP) is 6.24. The van der Waals surface area contributed by atoms with E-state index in [2.05, 4.69) is 9.98 Å². The van der Waals surface area contributed by atoms with E-state index in [0.29, 0.717) is 27.2 Å². The number of aliphatic imine (C=N–C) groups is 4. The van der Waals surface area contributed by atoms with Gasteiger partial charge in [-0.25, -0.2) is 20.0 Å². The number of halogens is 2. The highest BCUT2D eigenvalue weighted by Gasteiger charge is 2.27. The maximum Gasteiger partial charge on any atom is 0.104 e. The Labute approximate surface area is 194 Å². The van der Waals surface area contributed by atoms with E-state index in [4.69, 9.17) is 33.2 Å². The number of allylic oxidation sites excluding steroid dienone is 12. The predicted molar refractivity (Wildman–Crippen MR) is 134 cm³/mol. The average molecular weight is 453 g/mol. The lowest BCUT2D eigenvalue weighted by molar-refractivity contribution is 1.40. The second kappa shape index (κ2) is 7.52. The van der Waals surface area contributed by atoms with Crippen LogP contribution in [0, 0.1) is 0 Å². The summed E-state index contributed by atoms with van der Waals surface area (Å²) in [5.41, 5.74) is 7.63. The highest BCUT2D eigenvalue weighted by Crippen LogP contribution is 2.39. The molecule has 0 saturated heterocycles. The summed E-state index contributed by atoms with van der Waals surface area (Å²) in [6.07, 6.45) is 17.4. The third-order valence-corrected chi connectivity index (χ3v) is 6.06. The molecule has 0 spiro atoms. The van der Waals surface area contributed by atoms with E-state index < -0.39 is 0 Å². The summed E-state index contributed by atoms with van der Waals surface area (Å²) >= 11 is 13.6. The summed E-state index contributed by atoms with van der Waals surface area (Å²) in [6.45, 7) is 0. The lowest BCUT2D eigenvalue weighted by atomic mass is 10.0. The molecular formula is C26H14Cl2N4. The van der Waals surface area contributed by atoms with Crippen molar-refractivity contribution in [1.82, 2.24) is 0 Å². The Morgan fingerprint density at radius 1 is 0.531 bits per heavy atom. The molecule has 6 rings (SSSR count). The normalized spacial score (nSPS) is 20.9. The summed E-state index contributed by atoms with van der Waals surface area (Å²) in [4.78, 5) is 18.8. The van der Waals surface area contributed by atoms with Crippen LogP contribution in [-0.4, -0.2) is 22.8 Å². The minimum Gasteiger partial charge on any atom is -0.249 e. The lowest BCUT2D eigenvalue weighted by Crippen LogP contribution is -1.97. The molecule has 0 unspecified atom stereocenters. The van der Waals surface area contributed by atoms with Crippen molar-refractivity contribution < 1.29 is 0 Å². The van der Waals surface area contributed by atoms with Crippen LogP contribution in [0.25, 0.3) is 5.57 Å². The fourth-order valence-corrected chi connectivity index (χ4v) is 4.47. The van der Waals surface area contributed by atoms with Crippen LogP contribution >= 0.6 is 23.2 Å². The molecule has 0 amide bonds. The SMILES string of the molecule is ClC1=C2N=C(C=C3C=CC(=N3)C=C3C=CC(=N3)C=C3C=CC1=N3)C(c1ccccc1)=C2Cl. The smallest absolute Gasteiger partial charge is 0.104 e. The molecule has 4 nitrogen and oxygen atoms in total. The first kappa shape index (κ1) is 19.1. The van der Waals surface area contributed by atoms with Gasteiger partial charge in [-0.1, -0.05) is 53.5 Å². The van der Waals surface area contributed by atoms with Gasteiger partial charge in [-0.05, 0) is 60.2 Å². The third kappa shape index (κ3) is 3.34. The third-order valence-electron chi connectivity index (χ3n) is 5.31. The Kier molecular flexibility index (Phi) is 4.49. The van der Waals surface area contributed by atoms with E-state index in [9.17, 15) is 0 Å². The molecule has 8 bridgehead atoms. The van der Waals surface area contributed by atoms with Gasteiger partial charge in [0.25, 0.3) is 0 Å². The minimum atomic E-state index is 0.402. The fourth-order valence-electron chi connectivity index (χ4n) is 3.84. The molecule has 1 aromatic carbocycles. The summed E-state index contributed by atoms with van der Waals surface area (Å²) < 4.78 is 0. The van der Waals surface area contributed by atoms with E-state index in [-0.39, 0.29) is 0 Å². The average Bonchev–Trinajstić information content (AvgIpc) is 3.58. The van der Waals surface area contributed by atoms with Gasteiger partial charge >= 0.3 is 0 Å². The molecule has 6 heteroatoms. The van der Waals surface area contributed by atoms with Crippen molar-refractivity contribution >= 4 is 51.6 Å². The maximum atomic E-state index is 6.86. The van der Waals surface area contributed by atoms with Gasteiger partial charge in [0, 0.05) is 5.57 Å². The molecule has 0 fully saturated rings. The van der Waals surface area contributed by atoms with Crippen molar-refractivity contribution in [3.05, 3.63) is 123 Å². The van der Waals surface area contributed by atoms with Crippen molar-refractivity contribution in [3.63, 3.8) is 0 Å². The number of fused-ring (bicyclic) bond motifs is 4. The van der Waals surface area contributed by atoms with E-state index >= 15 is 0 Å². The molecule has 5 aliphatic heterocycles. The van der Waals surface area contributed by atoms with Crippen LogP contribution < -0.4 is 0 Å².